The van der Waals surface area contributed by atoms with Crippen LogP contribution >= 0.6 is 55.1 Å². The van der Waals surface area contributed by atoms with Crippen LogP contribution < -0.4 is 0 Å². The first-order chi connectivity index (χ1) is 20.5. The summed E-state index contributed by atoms with van der Waals surface area (Å²) in [5, 5.41) is 25.0. The quantitative estimate of drug-likeness (QED) is 0.158. The fraction of sp³-hybridized carbons (Fsp3) is 0.206. The van der Waals surface area contributed by atoms with E-state index in [1.165, 1.54) is 7.11 Å². The molecule has 1 N–H and O–H groups in total. The third-order valence-corrected chi connectivity index (χ3v) is 9.82. The lowest BCUT2D eigenvalue weighted by Crippen LogP contribution is -2.59. The van der Waals surface area contributed by atoms with Crippen LogP contribution in [0.4, 0.5) is 0 Å². The van der Waals surface area contributed by atoms with Crippen LogP contribution in [0.15, 0.2) is 106 Å². The van der Waals surface area contributed by atoms with Crippen molar-refractivity contribution in [2.24, 2.45) is 11.3 Å². The molecule has 0 amide bonds. The number of nitrogens with zero attached hydrogens (tertiary/aromatic N) is 1. The average molecular weight is 742 g/mol. The molecule has 0 aliphatic heterocycles. The first-order valence-corrected chi connectivity index (χ1v) is 15.7. The van der Waals surface area contributed by atoms with Crippen LogP contribution in [0.2, 0.25) is 10.0 Å². The number of rotatable bonds is 6. The summed E-state index contributed by atoms with van der Waals surface area (Å²) in [4.78, 5) is 28.8. The van der Waals surface area contributed by atoms with Gasteiger partial charge in [-0.15, -0.1) is 0 Å². The van der Waals surface area contributed by atoms with Crippen LogP contribution in [0.3, 0.4) is 0 Å². The molecule has 0 aromatic heterocycles. The molecule has 4 aromatic rings. The maximum Gasteiger partial charge on any atom is 0.327 e. The van der Waals surface area contributed by atoms with E-state index in [0.29, 0.717) is 31.2 Å². The molecule has 5 atom stereocenters. The Morgan fingerprint density at radius 1 is 0.884 bits per heavy atom. The lowest BCUT2D eigenvalue weighted by molar-refractivity contribution is -0.162. The Morgan fingerprint density at radius 2 is 1.42 bits per heavy atom. The molecular formula is C34H25Br2Cl2NO4. The maximum absolute atomic E-state index is 14.7. The lowest BCUT2D eigenvalue weighted by atomic mass is 9.47. The van der Waals surface area contributed by atoms with Gasteiger partial charge in [0.2, 0.25) is 0 Å². The largest absolute Gasteiger partial charge is 0.468 e. The van der Waals surface area contributed by atoms with Gasteiger partial charge >= 0.3 is 5.97 Å². The van der Waals surface area contributed by atoms with Crippen molar-refractivity contribution in [3.8, 4) is 6.07 Å². The van der Waals surface area contributed by atoms with E-state index in [9.17, 15) is 20.0 Å². The van der Waals surface area contributed by atoms with Crippen molar-refractivity contribution in [1.29, 1.82) is 5.26 Å². The summed E-state index contributed by atoms with van der Waals surface area (Å²) in [6.45, 7) is 0. The van der Waals surface area contributed by atoms with Crippen molar-refractivity contribution < 1.29 is 19.4 Å². The minimum absolute atomic E-state index is 0.137. The SMILES string of the molecule is COC(=O)[C@]1(C#N)[C@H](c2cccc(Br)c2)C[C@](O)(c2ccc(Cl)cc2)[C@H](C(=O)c2ccc(Cl)cc2)[C@@H]1c1cccc(Br)c1. The molecular weight excluding hydrogens is 717 g/mol. The zero-order valence-corrected chi connectivity index (χ0v) is 27.5. The predicted molar refractivity (Wildman–Crippen MR) is 173 cm³/mol. The third-order valence-electron chi connectivity index (χ3n) is 8.33. The molecule has 0 bridgehead atoms. The van der Waals surface area contributed by atoms with Gasteiger partial charge in [-0.3, -0.25) is 9.59 Å². The van der Waals surface area contributed by atoms with E-state index >= 15 is 0 Å². The highest BCUT2D eigenvalue weighted by atomic mass is 79.9. The number of nitriles is 1. The van der Waals surface area contributed by atoms with Crippen molar-refractivity contribution in [2.45, 2.75) is 23.9 Å². The van der Waals surface area contributed by atoms with E-state index in [4.69, 9.17) is 27.9 Å². The molecule has 218 valence electrons. The van der Waals surface area contributed by atoms with Gasteiger partial charge in [-0.05, 0) is 83.8 Å². The maximum atomic E-state index is 14.7. The zero-order valence-electron chi connectivity index (χ0n) is 22.8. The monoisotopic (exact) mass is 739 g/mol. The van der Waals surface area contributed by atoms with Gasteiger partial charge in [0.25, 0.3) is 0 Å². The first-order valence-electron chi connectivity index (χ1n) is 13.3. The molecule has 0 heterocycles. The van der Waals surface area contributed by atoms with Crippen LogP contribution in [0.25, 0.3) is 0 Å². The van der Waals surface area contributed by atoms with E-state index in [2.05, 4.69) is 37.9 Å². The van der Waals surface area contributed by atoms with Crippen molar-refractivity contribution >= 4 is 66.8 Å². The Morgan fingerprint density at radius 3 is 1.95 bits per heavy atom. The fourth-order valence-corrected chi connectivity index (χ4v) is 7.53. The fourth-order valence-electron chi connectivity index (χ4n) is 6.44. The van der Waals surface area contributed by atoms with Gasteiger partial charge in [0.15, 0.2) is 11.2 Å². The molecule has 1 aliphatic rings. The van der Waals surface area contributed by atoms with Crippen LogP contribution in [-0.4, -0.2) is 24.0 Å². The number of methoxy groups -OCH3 is 1. The predicted octanol–water partition coefficient (Wildman–Crippen LogP) is 8.86. The molecule has 5 nitrogen and oxygen atoms in total. The first kappa shape index (κ1) is 31.4. The molecule has 1 aliphatic carbocycles. The Hall–Kier alpha value is -2.99. The van der Waals surface area contributed by atoms with Crippen molar-refractivity contribution in [1.82, 2.24) is 0 Å². The van der Waals surface area contributed by atoms with Crippen molar-refractivity contribution in [3.63, 3.8) is 0 Å². The number of hydrogen-bond acceptors (Lipinski definition) is 5. The molecule has 4 aromatic carbocycles. The molecule has 1 fully saturated rings. The minimum Gasteiger partial charge on any atom is -0.468 e. The van der Waals surface area contributed by atoms with E-state index in [0.717, 1.165) is 4.47 Å². The summed E-state index contributed by atoms with van der Waals surface area (Å²) >= 11 is 19.4. The number of esters is 1. The van der Waals surface area contributed by atoms with Gasteiger partial charge in [-0.1, -0.05) is 91.5 Å². The number of hydrogen-bond donors (Lipinski definition) is 1. The number of ether oxygens (including phenoxy) is 1. The Labute approximate surface area is 276 Å². The Bertz CT molecular complexity index is 1720. The number of carbonyl (C=O) groups excluding carboxylic acids is 2. The second kappa shape index (κ2) is 12.6. The number of carbonyl (C=O) groups is 2. The normalized spacial score (nSPS) is 25.0. The number of aliphatic hydroxyl groups is 1. The second-order valence-electron chi connectivity index (χ2n) is 10.6. The van der Waals surface area contributed by atoms with Gasteiger partial charge in [-0.25, -0.2) is 0 Å². The van der Waals surface area contributed by atoms with Crippen molar-refractivity contribution in [3.05, 3.63) is 138 Å². The van der Waals surface area contributed by atoms with Crippen LogP contribution in [0.5, 0.6) is 0 Å². The highest BCUT2D eigenvalue weighted by Crippen LogP contribution is 2.64. The Kier molecular flexibility index (Phi) is 9.18. The summed E-state index contributed by atoms with van der Waals surface area (Å²) in [5.74, 6) is -4.58. The number of Topliss-reactive ketones (excluding diaryl/α,β-unsaturated/α-hetero) is 1. The number of benzene rings is 4. The minimum atomic E-state index is -1.91. The summed E-state index contributed by atoms with van der Waals surface area (Å²) in [6, 6.07) is 29.7. The van der Waals surface area contributed by atoms with Gasteiger partial charge < -0.3 is 9.84 Å². The second-order valence-corrected chi connectivity index (χ2v) is 13.3. The van der Waals surface area contributed by atoms with Crippen LogP contribution in [0.1, 0.15) is 45.3 Å². The molecule has 0 spiro atoms. The van der Waals surface area contributed by atoms with Gasteiger partial charge in [0, 0.05) is 36.4 Å². The standard InChI is InChI=1S/C34H25Br2Cl2NO4/c1-43-32(41)33(19-39)28(21-4-2-6-24(35)16-21)18-34(42,23-10-14-27(38)15-11-23)30(29(33)22-5-3-7-25(36)17-22)31(40)20-8-12-26(37)13-9-20/h2-17,28-30,42H,18H2,1H3/t28-,29-,30-,33+,34-/m0/s1. The molecule has 1 saturated carbocycles. The average Bonchev–Trinajstić information content (AvgIpc) is 3.00. The third kappa shape index (κ3) is 5.68. The molecule has 0 unspecified atom stereocenters. The van der Waals surface area contributed by atoms with E-state index in [1.54, 1.807) is 72.8 Å². The summed E-state index contributed by atoms with van der Waals surface area (Å²) < 4.78 is 6.79. The van der Waals surface area contributed by atoms with E-state index in [1.807, 2.05) is 24.3 Å². The number of ketones is 1. The molecule has 0 radical (unpaired) electrons. The van der Waals surface area contributed by atoms with Gasteiger partial charge in [0.05, 0.1) is 19.1 Å². The molecule has 0 saturated heterocycles. The van der Waals surface area contributed by atoms with E-state index < -0.39 is 40.5 Å². The zero-order chi connectivity index (χ0) is 30.9. The Balaban J connectivity index is 1.91. The smallest absolute Gasteiger partial charge is 0.327 e. The van der Waals surface area contributed by atoms with Crippen LogP contribution in [0, 0.1) is 22.7 Å². The lowest BCUT2D eigenvalue weighted by Gasteiger charge is -2.54. The van der Waals surface area contributed by atoms with Gasteiger partial charge in [0.1, 0.15) is 5.60 Å². The summed E-state index contributed by atoms with van der Waals surface area (Å²) in [7, 11) is 1.23. The molecule has 43 heavy (non-hydrogen) atoms. The molecule has 5 rings (SSSR count). The van der Waals surface area contributed by atoms with Crippen molar-refractivity contribution in [2.75, 3.05) is 7.11 Å². The topological polar surface area (TPSA) is 87.4 Å². The van der Waals surface area contributed by atoms with Crippen LogP contribution in [-0.2, 0) is 15.1 Å². The van der Waals surface area contributed by atoms with Gasteiger partial charge in [-0.2, -0.15) is 5.26 Å². The number of halogens is 4. The summed E-state index contributed by atoms with van der Waals surface area (Å²) in [6.07, 6.45) is -0.137. The van der Waals surface area contributed by atoms with E-state index in [-0.39, 0.29) is 12.0 Å². The highest BCUT2D eigenvalue weighted by molar-refractivity contribution is 9.10. The highest BCUT2D eigenvalue weighted by Gasteiger charge is 2.67. The molecule has 9 heteroatoms. The summed E-state index contributed by atoms with van der Waals surface area (Å²) in [5.41, 5.74) is -1.91.